The number of carboxylic acids is 1. The normalized spacial score (nSPS) is 20.9. The van der Waals surface area contributed by atoms with Gasteiger partial charge in [-0.2, -0.15) is 0 Å². The van der Waals surface area contributed by atoms with Crippen molar-refractivity contribution in [3.05, 3.63) is 0 Å². The maximum Gasteiger partial charge on any atom is 0.323 e. The van der Waals surface area contributed by atoms with E-state index >= 15 is 0 Å². The highest BCUT2D eigenvalue weighted by Crippen LogP contribution is 2.16. The SMILES string of the molecule is CCOC1CCN(C(COC)C(=O)O)CC1. The topological polar surface area (TPSA) is 59.0 Å². The molecular weight excluding hydrogens is 210 g/mol. The fourth-order valence-corrected chi connectivity index (χ4v) is 2.08. The fourth-order valence-electron chi connectivity index (χ4n) is 2.08. The van der Waals surface area contributed by atoms with Crippen molar-refractivity contribution in [2.75, 3.05) is 33.4 Å². The van der Waals surface area contributed by atoms with E-state index in [1.807, 2.05) is 11.8 Å². The molecule has 1 rings (SSSR count). The van der Waals surface area contributed by atoms with Gasteiger partial charge in [-0.25, -0.2) is 0 Å². The zero-order valence-electron chi connectivity index (χ0n) is 10.0. The summed E-state index contributed by atoms with van der Waals surface area (Å²) in [5.41, 5.74) is 0. The fraction of sp³-hybridized carbons (Fsp3) is 0.909. The van der Waals surface area contributed by atoms with Gasteiger partial charge in [-0.1, -0.05) is 0 Å². The molecule has 0 aromatic rings. The summed E-state index contributed by atoms with van der Waals surface area (Å²) in [5.74, 6) is -0.809. The van der Waals surface area contributed by atoms with E-state index in [0.717, 1.165) is 32.5 Å². The second-order valence-corrected chi connectivity index (χ2v) is 4.00. The maximum absolute atomic E-state index is 11.0. The van der Waals surface area contributed by atoms with Crippen LogP contribution in [-0.2, 0) is 14.3 Å². The number of hydrogen-bond donors (Lipinski definition) is 1. The van der Waals surface area contributed by atoms with Gasteiger partial charge in [0.2, 0.25) is 0 Å². The Balaban J connectivity index is 2.41. The van der Waals surface area contributed by atoms with Gasteiger partial charge in [0.15, 0.2) is 0 Å². The summed E-state index contributed by atoms with van der Waals surface area (Å²) in [4.78, 5) is 13.0. The second kappa shape index (κ2) is 6.83. The number of nitrogens with zero attached hydrogens (tertiary/aromatic N) is 1. The Morgan fingerprint density at radius 2 is 2.12 bits per heavy atom. The molecule has 1 heterocycles. The number of hydrogen-bond acceptors (Lipinski definition) is 4. The third-order valence-corrected chi connectivity index (χ3v) is 2.93. The molecule has 1 fully saturated rings. The van der Waals surface area contributed by atoms with Gasteiger partial charge in [0.05, 0.1) is 12.7 Å². The molecule has 0 spiro atoms. The van der Waals surface area contributed by atoms with Gasteiger partial charge in [0.25, 0.3) is 0 Å². The van der Waals surface area contributed by atoms with E-state index in [0.29, 0.717) is 6.10 Å². The number of aliphatic carboxylic acids is 1. The first kappa shape index (κ1) is 13.4. The van der Waals surface area contributed by atoms with E-state index in [4.69, 9.17) is 14.6 Å². The van der Waals surface area contributed by atoms with Gasteiger partial charge in [-0.05, 0) is 19.8 Å². The molecule has 1 unspecified atom stereocenters. The van der Waals surface area contributed by atoms with Crippen molar-refractivity contribution >= 4 is 5.97 Å². The van der Waals surface area contributed by atoms with Gasteiger partial charge >= 0.3 is 5.97 Å². The van der Waals surface area contributed by atoms with Crippen molar-refractivity contribution < 1.29 is 19.4 Å². The summed E-state index contributed by atoms with van der Waals surface area (Å²) in [6.45, 7) is 4.49. The lowest BCUT2D eigenvalue weighted by molar-refractivity contribution is -0.146. The van der Waals surface area contributed by atoms with Crippen LogP contribution in [0.5, 0.6) is 0 Å². The molecule has 0 aliphatic carbocycles. The number of carboxylic acid groups (broad SMARTS) is 1. The minimum absolute atomic E-state index is 0.245. The highest BCUT2D eigenvalue weighted by atomic mass is 16.5. The molecule has 0 saturated carbocycles. The zero-order valence-corrected chi connectivity index (χ0v) is 10.0. The van der Waals surface area contributed by atoms with Crippen LogP contribution in [0.25, 0.3) is 0 Å². The Hall–Kier alpha value is -0.650. The van der Waals surface area contributed by atoms with Crippen molar-refractivity contribution in [3.63, 3.8) is 0 Å². The summed E-state index contributed by atoms with van der Waals surface area (Å²) in [5, 5.41) is 9.07. The number of rotatable bonds is 6. The number of methoxy groups -OCH3 is 1. The predicted molar refractivity (Wildman–Crippen MR) is 59.5 cm³/mol. The molecule has 5 nitrogen and oxygen atoms in total. The van der Waals surface area contributed by atoms with Crippen molar-refractivity contribution in [1.82, 2.24) is 4.90 Å². The standard InChI is InChI=1S/C11H21NO4/c1-3-16-9-4-6-12(7-5-9)10(8-15-2)11(13)14/h9-10H,3-8H2,1-2H3,(H,13,14). The molecular formula is C11H21NO4. The number of piperidine rings is 1. The van der Waals surface area contributed by atoms with Crippen molar-refractivity contribution in [2.24, 2.45) is 0 Å². The first-order valence-corrected chi connectivity index (χ1v) is 5.76. The minimum atomic E-state index is -0.809. The van der Waals surface area contributed by atoms with E-state index in [1.54, 1.807) is 0 Å². The third-order valence-electron chi connectivity index (χ3n) is 2.93. The monoisotopic (exact) mass is 231 g/mol. The molecule has 1 N–H and O–H groups in total. The Morgan fingerprint density at radius 3 is 2.56 bits per heavy atom. The first-order chi connectivity index (χ1) is 7.69. The lowest BCUT2D eigenvalue weighted by atomic mass is 10.1. The molecule has 1 saturated heterocycles. The average Bonchev–Trinajstić information content (AvgIpc) is 2.27. The van der Waals surface area contributed by atoms with Gasteiger partial charge in [0.1, 0.15) is 6.04 Å². The minimum Gasteiger partial charge on any atom is -0.480 e. The van der Waals surface area contributed by atoms with Gasteiger partial charge in [0, 0.05) is 26.8 Å². The number of ether oxygens (including phenoxy) is 2. The average molecular weight is 231 g/mol. The highest BCUT2D eigenvalue weighted by Gasteiger charge is 2.29. The molecule has 0 aromatic carbocycles. The zero-order chi connectivity index (χ0) is 12.0. The number of likely N-dealkylation sites (tertiary alicyclic amines) is 1. The first-order valence-electron chi connectivity index (χ1n) is 5.76. The molecule has 0 bridgehead atoms. The van der Waals surface area contributed by atoms with Gasteiger partial charge in [-0.15, -0.1) is 0 Å². The van der Waals surface area contributed by atoms with E-state index in [9.17, 15) is 4.79 Å². The molecule has 1 atom stereocenters. The van der Waals surface area contributed by atoms with Crippen LogP contribution in [0.4, 0.5) is 0 Å². The maximum atomic E-state index is 11.0. The van der Waals surface area contributed by atoms with Crippen LogP contribution in [0.2, 0.25) is 0 Å². The van der Waals surface area contributed by atoms with Crippen molar-refractivity contribution in [3.8, 4) is 0 Å². The molecule has 0 aromatic heterocycles. The van der Waals surface area contributed by atoms with Crippen LogP contribution >= 0.6 is 0 Å². The Bertz CT molecular complexity index is 214. The second-order valence-electron chi connectivity index (χ2n) is 4.00. The molecule has 94 valence electrons. The van der Waals surface area contributed by atoms with Crippen LogP contribution < -0.4 is 0 Å². The largest absolute Gasteiger partial charge is 0.480 e. The molecule has 5 heteroatoms. The Labute approximate surface area is 96.3 Å². The summed E-state index contributed by atoms with van der Waals surface area (Å²) < 4.78 is 10.5. The van der Waals surface area contributed by atoms with Crippen LogP contribution in [0.3, 0.4) is 0 Å². The van der Waals surface area contributed by atoms with Crippen molar-refractivity contribution in [1.29, 1.82) is 0 Å². The molecule has 0 radical (unpaired) electrons. The van der Waals surface area contributed by atoms with E-state index < -0.39 is 12.0 Å². The van der Waals surface area contributed by atoms with Gasteiger partial charge in [-0.3, -0.25) is 9.69 Å². The van der Waals surface area contributed by atoms with Crippen molar-refractivity contribution in [2.45, 2.75) is 31.9 Å². The van der Waals surface area contributed by atoms with Crippen LogP contribution in [0.15, 0.2) is 0 Å². The Morgan fingerprint density at radius 1 is 1.50 bits per heavy atom. The van der Waals surface area contributed by atoms with Crippen LogP contribution in [0, 0.1) is 0 Å². The lowest BCUT2D eigenvalue weighted by Crippen LogP contribution is -2.49. The molecule has 1 aliphatic rings. The van der Waals surface area contributed by atoms with E-state index in [1.165, 1.54) is 7.11 Å². The lowest BCUT2D eigenvalue weighted by Gasteiger charge is -2.35. The highest BCUT2D eigenvalue weighted by molar-refractivity contribution is 5.73. The summed E-state index contributed by atoms with van der Waals surface area (Å²) in [6, 6.07) is -0.521. The summed E-state index contributed by atoms with van der Waals surface area (Å²) in [7, 11) is 1.53. The van der Waals surface area contributed by atoms with E-state index in [2.05, 4.69) is 0 Å². The predicted octanol–water partition coefficient (Wildman–Crippen LogP) is 0.587. The summed E-state index contributed by atoms with van der Waals surface area (Å²) >= 11 is 0. The van der Waals surface area contributed by atoms with Crippen LogP contribution in [-0.4, -0.2) is 61.5 Å². The van der Waals surface area contributed by atoms with Gasteiger partial charge < -0.3 is 14.6 Å². The molecule has 1 aliphatic heterocycles. The third kappa shape index (κ3) is 3.73. The Kier molecular flexibility index (Phi) is 5.73. The molecule has 16 heavy (non-hydrogen) atoms. The van der Waals surface area contributed by atoms with Crippen LogP contribution in [0.1, 0.15) is 19.8 Å². The quantitative estimate of drug-likeness (QED) is 0.725. The number of carbonyl (C=O) groups is 1. The smallest absolute Gasteiger partial charge is 0.323 e. The summed E-state index contributed by atoms with van der Waals surface area (Å²) in [6.07, 6.45) is 2.10. The van der Waals surface area contributed by atoms with E-state index in [-0.39, 0.29) is 6.61 Å². The molecule has 0 amide bonds.